The summed E-state index contributed by atoms with van der Waals surface area (Å²) in [6.07, 6.45) is 2.97. The van der Waals surface area contributed by atoms with Crippen molar-refractivity contribution in [3.8, 4) is 11.5 Å². The van der Waals surface area contributed by atoms with E-state index in [-0.39, 0.29) is 18.2 Å². The van der Waals surface area contributed by atoms with E-state index in [1.54, 1.807) is 12.1 Å². The number of carbonyl (C=O) groups is 1. The molecule has 0 spiro atoms. The van der Waals surface area contributed by atoms with Crippen molar-refractivity contribution in [1.82, 2.24) is 4.90 Å². The zero-order valence-corrected chi connectivity index (χ0v) is 15.0. The zero-order valence-electron chi connectivity index (χ0n) is 13.4. The molecule has 134 valence electrons. The van der Waals surface area contributed by atoms with E-state index in [1.165, 1.54) is 30.4 Å². The summed E-state index contributed by atoms with van der Waals surface area (Å²) in [6.45, 7) is 0.202. The van der Waals surface area contributed by atoms with Crippen LogP contribution in [0.2, 0.25) is 0 Å². The monoisotopic (exact) mass is 392 g/mol. The number of thiocarbonyl (C=S) groups is 1. The van der Waals surface area contributed by atoms with Crippen LogP contribution in [0, 0.1) is 10.1 Å². The van der Waals surface area contributed by atoms with Crippen molar-refractivity contribution in [3.63, 3.8) is 0 Å². The van der Waals surface area contributed by atoms with Crippen LogP contribution in [0.3, 0.4) is 0 Å². The zero-order chi connectivity index (χ0) is 18.8. The molecule has 2 aromatic rings. The van der Waals surface area contributed by atoms with E-state index in [2.05, 4.69) is 0 Å². The first-order valence-corrected chi connectivity index (χ1v) is 8.46. The minimum atomic E-state index is -0.725. The second kappa shape index (κ2) is 7.18. The van der Waals surface area contributed by atoms with Crippen LogP contribution in [-0.4, -0.2) is 32.3 Å². The molecule has 3 rings (SSSR count). The van der Waals surface area contributed by atoms with Crippen molar-refractivity contribution >= 4 is 46.0 Å². The summed E-state index contributed by atoms with van der Waals surface area (Å²) < 4.78 is 10.5. The lowest BCUT2D eigenvalue weighted by molar-refractivity contribution is -0.386. The van der Waals surface area contributed by atoms with Gasteiger partial charge in [-0.25, -0.2) is 0 Å². The SMILES string of the molecule is COc1cc(C=C2SC(=S)N(Cc3ccco3)C2=O)cc([N+](=O)[O-])c1O. The Hall–Kier alpha value is -2.85. The van der Waals surface area contributed by atoms with E-state index >= 15 is 0 Å². The fourth-order valence-corrected chi connectivity index (χ4v) is 3.59. The number of carbonyl (C=O) groups excluding carboxylic acids is 1. The molecule has 0 saturated carbocycles. The van der Waals surface area contributed by atoms with Crippen LogP contribution >= 0.6 is 24.0 Å². The lowest BCUT2D eigenvalue weighted by Gasteiger charge is -2.12. The molecule has 0 radical (unpaired) electrons. The first-order chi connectivity index (χ1) is 12.4. The number of ether oxygens (including phenoxy) is 1. The number of furan rings is 1. The van der Waals surface area contributed by atoms with Gasteiger partial charge >= 0.3 is 5.69 Å². The molecule has 1 aromatic carbocycles. The number of amides is 1. The Bertz CT molecular complexity index is 923. The predicted molar refractivity (Wildman–Crippen MR) is 98.7 cm³/mol. The molecule has 1 aliphatic rings. The third-order valence-electron chi connectivity index (χ3n) is 3.56. The Labute approximate surface area is 157 Å². The number of phenolic OH excluding ortho intramolecular Hbond substituents is 1. The molecule has 1 amide bonds. The average Bonchev–Trinajstić information content (AvgIpc) is 3.20. The van der Waals surface area contributed by atoms with Crippen molar-refractivity contribution < 1.29 is 24.0 Å². The number of hydrogen-bond acceptors (Lipinski definition) is 8. The molecule has 2 heterocycles. The highest BCUT2D eigenvalue weighted by Crippen LogP contribution is 2.39. The number of aromatic hydroxyl groups is 1. The average molecular weight is 392 g/mol. The molecule has 1 saturated heterocycles. The van der Waals surface area contributed by atoms with Gasteiger partial charge in [0.15, 0.2) is 5.75 Å². The summed E-state index contributed by atoms with van der Waals surface area (Å²) in [6, 6.07) is 6.01. The van der Waals surface area contributed by atoms with Gasteiger partial charge in [-0.05, 0) is 29.8 Å². The van der Waals surface area contributed by atoms with E-state index in [9.17, 15) is 20.0 Å². The van der Waals surface area contributed by atoms with Crippen molar-refractivity contribution in [2.24, 2.45) is 0 Å². The van der Waals surface area contributed by atoms with E-state index in [0.29, 0.717) is 20.5 Å². The van der Waals surface area contributed by atoms with Crippen molar-refractivity contribution in [2.45, 2.75) is 6.54 Å². The Morgan fingerprint density at radius 3 is 2.88 bits per heavy atom. The van der Waals surface area contributed by atoms with Crippen LogP contribution in [0.15, 0.2) is 39.9 Å². The molecule has 1 fully saturated rings. The maximum atomic E-state index is 12.6. The van der Waals surface area contributed by atoms with Gasteiger partial charge in [-0.15, -0.1) is 0 Å². The van der Waals surface area contributed by atoms with Gasteiger partial charge in [0.25, 0.3) is 5.91 Å². The van der Waals surface area contributed by atoms with E-state index in [1.807, 2.05) is 0 Å². The van der Waals surface area contributed by atoms with Gasteiger partial charge in [0.1, 0.15) is 10.1 Å². The molecule has 8 nitrogen and oxygen atoms in total. The molecule has 0 unspecified atom stereocenters. The third kappa shape index (κ3) is 3.41. The largest absolute Gasteiger partial charge is 0.500 e. The summed E-state index contributed by atoms with van der Waals surface area (Å²) in [5, 5.41) is 20.9. The number of benzene rings is 1. The Kier molecular flexibility index (Phi) is 4.96. The van der Waals surface area contributed by atoms with Gasteiger partial charge in [0.2, 0.25) is 5.75 Å². The summed E-state index contributed by atoms with van der Waals surface area (Å²) in [7, 11) is 1.28. The maximum absolute atomic E-state index is 12.6. The molecule has 1 aromatic heterocycles. The number of phenols is 1. The molecule has 0 bridgehead atoms. The van der Waals surface area contributed by atoms with Gasteiger partial charge in [0.05, 0.1) is 29.7 Å². The molecule has 0 atom stereocenters. The highest BCUT2D eigenvalue weighted by molar-refractivity contribution is 8.26. The van der Waals surface area contributed by atoms with Crippen LogP contribution in [0.25, 0.3) is 6.08 Å². The highest BCUT2D eigenvalue weighted by Gasteiger charge is 2.33. The van der Waals surface area contributed by atoms with Crippen LogP contribution in [-0.2, 0) is 11.3 Å². The van der Waals surface area contributed by atoms with E-state index < -0.39 is 16.4 Å². The van der Waals surface area contributed by atoms with E-state index in [0.717, 1.165) is 17.8 Å². The predicted octanol–water partition coefficient (Wildman–Crippen LogP) is 3.30. The van der Waals surface area contributed by atoms with Gasteiger partial charge in [0, 0.05) is 6.07 Å². The molecule has 26 heavy (non-hydrogen) atoms. The maximum Gasteiger partial charge on any atom is 0.315 e. The van der Waals surface area contributed by atoms with Gasteiger partial charge in [-0.2, -0.15) is 0 Å². The van der Waals surface area contributed by atoms with Gasteiger partial charge in [-0.1, -0.05) is 24.0 Å². The fraction of sp³-hybridized carbons (Fsp3) is 0.125. The number of nitro groups is 1. The minimum Gasteiger partial charge on any atom is -0.500 e. The quantitative estimate of drug-likeness (QED) is 0.358. The molecule has 0 aliphatic carbocycles. The number of thioether (sulfide) groups is 1. The number of methoxy groups -OCH3 is 1. The smallest absolute Gasteiger partial charge is 0.315 e. The molecule has 1 aliphatic heterocycles. The van der Waals surface area contributed by atoms with Crippen LogP contribution < -0.4 is 4.74 Å². The Balaban J connectivity index is 1.93. The minimum absolute atomic E-state index is 0.0588. The van der Waals surface area contributed by atoms with Crippen LogP contribution in [0.1, 0.15) is 11.3 Å². The summed E-state index contributed by atoms with van der Waals surface area (Å²) in [4.78, 5) is 24.6. The van der Waals surface area contributed by atoms with Gasteiger partial charge in [-0.3, -0.25) is 19.8 Å². The standard InChI is InChI=1S/C16H12N2O6S2/c1-23-12-6-9(5-11(14(12)19)18(21)22)7-13-15(20)17(16(25)26-13)8-10-3-2-4-24-10/h2-7,19H,8H2,1H3. The van der Waals surface area contributed by atoms with Crippen molar-refractivity contribution in [1.29, 1.82) is 0 Å². The highest BCUT2D eigenvalue weighted by atomic mass is 32.2. The summed E-state index contributed by atoms with van der Waals surface area (Å²) >= 11 is 6.32. The summed E-state index contributed by atoms with van der Waals surface area (Å²) in [5.74, 6) is -0.368. The lowest BCUT2D eigenvalue weighted by Crippen LogP contribution is -2.27. The Morgan fingerprint density at radius 2 is 2.27 bits per heavy atom. The number of hydrogen-bond donors (Lipinski definition) is 1. The number of nitro benzene ring substituents is 1. The van der Waals surface area contributed by atoms with Crippen LogP contribution in [0.5, 0.6) is 11.5 Å². The number of nitrogens with zero attached hydrogens (tertiary/aromatic N) is 2. The molecular weight excluding hydrogens is 380 g/mol. The topological polar surface area (TPSA) is 106 Å². The number of rotatable bonds is 5. The molecule has 1 N–H and O–H groups in total. The molecular formula is C16H12N2O6S2. The Morgan fingerprint density at radius 1 is 1.50 bits per heavy atom. The first-order valence-electron chi connectivity index (χ1n) is 7.24. The van der Waals surface area contributed by atoms with Crippen molar-refractivity contribution in [3.05, 3.63) is 56.9 Å². The van der Waals surface area contributed by atoms with Gasteiger partial charge < -0.3 is 14.3 Å². The lowest BCUT2D eigenvalue weighted by atomic mass is 10.1. The third-order valence-corrected chi connectivity index (χ3v) is 4.94. The second-order valence-electron chi connectivity index (χ2n) is 5.20. The summed E-state index contributed by atoms with van der Waals surface area (Å²) in [5.41, 5.74) is -0.175. The van der Waals surface area contributed by atoms with Crippen molar-refractivity contribution in [2.75, 3.05) is 7.11 Å². The normalized spacial score (nSPS) is 15.7. The fourth-order valence-electron chi connectivity index (χ4n) is 2.34. The first kappa shape index (κ1) is 18.0. The van der Waals surface area contributed by atoms with E-state index in [4.69, 9.17) is 21.4 Å². The second-order valence-corrected chi connectivity index (χ2v) is 6.87. The van der Waals surface area contributed by atoms with Crippen LogP contribution in [0.4, 0.5) is 5.69 Å². The molecule has 10 heteroatoms.